The van der Waals surface area contributed by atoms with Crippen LogP contribution in [0, 0.1) is 65.1 Å². The number of hydrogen-bond donors (Lipinski definition) is 0. The first-order valence-corrected chi connectivity index (χ1v) is 26.7. The minimum atomic E-state index is -0.911. The Bertz CT molecular complexity index is 3360. The highest BCUT2D eigenvalue weighted by atomic mass is 16.2. The molecule has 9 aliphatic rings. The van der Waals surface area contributed by atoms with Crippen LogP contribution in [0.15, 0.2) is 67.7 Å². The van der Waals surface area contributed by atoms with Gasteiger partial charge < -0.3 is 0 Å². The minimum absolute atomic E-state index is 0.0500. The summed E-state index contributed by atoms with van der Waals surface area (Å²) in [4.78, 5) is 165. The average Bonchev–Trinajstić information content (AvgIpc) is 4.33. The molecule has 2 aromatic heterocycles. The molecular weight excluding hydrogens is 947 g/mol. The molecule has 13 rings (SSSR count). The van der Waals surface area contributed by atoms with Gasteiger partial charge in [-0.1, -0.05) is 25.7 Å². The van der Waals surface area contributed by atoms with Crippen molar-refractivity contribution in [2.75, 3.05) is 19.6 Å². The summed E-state index contributed by atoms with van der Waals surface area (Å²) in [5.74, 6) is -3.05. The van der Waals surface area contributed by atoms with Gasteiger partial charge in [0.05, 0.1) is 38.6 Å². The fourth-order valence-electron chi connectivity index (χ4n) is 16.0. The molecule has 0 saturated heterocycles. The van der Waals surface area contributed by atoms with E-state index in [2.05, 4.69) is 0 Å². The van der Waals surface area contributed by atoms with E-state index in [0.717, 1.165) is 77.0 Å². The zero-order chi connectivity index (χ0) is 51.2. The smallest absolute Gasteiger partial charge is 0.261 e. The van der Waals surface area contributed by atoms with Crippen molar-refractivity contribution in [1.82, 2.24) is 23.8 Å². The van der Waals surface area contributed by atoms with E-state index in [1.165, 1.54) is 72.4 Å². The van der Waals surface area contributed by atoms with Crippen molar-refractivity contribution in [3.8, 4) is 0 Å². The highest BCUT2D eigenvalue weighted by Gasteiger charge is 2.57. The first-order chi connectivity index (χ1) is 35.6. The highest BCUT2D eigenvalue weighted by molar-refractivity contribution is 6.30. The van der Waals surface area contributed by atoms with Crippen molar-refractivity contribution < 1.29 is 38.4 Å². The maximum Gasteiger partial charge on any atom is 0.261 e. The Morgan fingerprint density at radius 2 is 0.770 bits per heavy atom. The number of amides is 6. The topological polar surface area (TPSA) is 224 Å². The third-order valence-corrected chi connectivity index (χ3v) is 19.6. The molecule has 0 spiro atoms. The molecule has 2 aromatic carbocycles. The molecular formula is C57H55N5O12. The molecule has 4 aromatic rings. The number of nitrogens with zero attached hydrogens (tertiary/aromatic N) is 5. The number of carbonyl (C=O) groups excluding carboxylic acids is 8. The number of aromatic nitrogens is 2. The fourth-order valence-corrected chi connectivity index (χ4v) is 16.0. The van der Waals surface area contributed by atoms with Gasteiger partial charge in [0.15, 0.2) is 11.6 Å². The summed E-state index contributed by atoms with van der Waals surface area (Å²) >= 11 is 0. The van der Waals surface area contributed by atoms with Crippen LogP contribution in [-0.2, 0) is 32.3 Å². The zero-order valence-electron chi connectivity index (χ0n) is 40.8. The molecule has 10 atom stereocenters. The third kappa shape index (κ3) is 7.14. The van der Waals surface area contributed by atoms with Crippen LogP contribution in [0.3, 0.4) is 0 Å². The number of carbonyl (C=O) groups is 8. The summed E-state index contributed by atoms with van der Waals surface area (Å²) in [5, 5.41) is 0.387. The second-order valence-electron chi connectivity index (χ2n) is 23.2. The van der Waals surface area contributed by atoms with Crippen LogP contribution >= 0.6 is 0 Å². The van der Waals surface area contributed by atoms with Gasteiger partial charge in [0.25, 0.3) is 57.7 Å². The summed E-state index contributed by atoms with van der Waals surface area (Å²) in [6.45, 7) is 0.873. The Kier molecular flexibility index (Phi) is 10.9. The van der Waals surface area contributed by atoms with Crippen molar-refractivity contribution in [1.29, 1.82) is 0 Å². The molecule has 5 fully saturated rings. The number of hydrogen-bond acceptors (Lipinski definition) is 12. The van der Waals surface area contributed by atoms with E-state index in [1.54, 1.807) is 0 Å². The molecule has 6 aliphatic carbocycles. The Hall–Kier alpha value is -7.04. The SMILES string of the molecule is O=C1c2cc3c(cc2C(=O)C1CC1CC2C4CC(Cn5c(=O)c6cc7c(=O)n(CC8CCCCC8CN8C(=O)C=CC8=O)c(=O)c7cc6c5=O)C(C4)C2C1)C(=O)N(CC1CCCCC1CN1C(=O)C=CC1=O)C3=O. The molecule has 17 heteroatoms. The Morgan fingerprint density at radius 3 is 1.22 bits per heavy atom. The summed E-state index contributed by atoms with van der Waals surface area (Å²) < 4.78 is 2.46. The highest BCUT2D eigenvalue weighted by Crippen LogP contribution is 2.63. The number of rotatable bonds is 12. The molecule has 380 valence electrons. The predicted octanol–water partition coefficient (Wildman–Crippen LogP) is 4.36. The van der Waals surface area contributed by atoms with Gasteiger partial charge in [-0.25, -0.2) is 0 Å². The van der Waals surface area contributed by atoms with Gasteiger partial charge in [-0.2, -0.15) is 0 Å². The van der Waals surface area contributed by atoms with Crippen molar-refractivity contribution in [2.24, 2.45) is 65.1 Å². The number of imide groups is 3. The van der Waals surface area contributed by atoms with Crippen LogP contribution in [0.2, 0.25) is 0 Å². The van der Waals surface area contributed by atoms with Crippen molar-refractivity contribution in [3.05, 3.63) is 112 Å². The van der Waals surface area contributed by atoms with Gasteiger partial charge in [-0.3, -0.25) is 81.4 Å². The van der Waals surface area contributed by atoms with Gasteiger partial charge in [-0.15, -0.1) is 0 Å². The zero-order valence-corrected chi connectivity index (χ0v) is 40.8. The summed E-state index contributed by atoms with van der Waals surface area (Å²) in [6.07, 6.45) is 15.4. The second kappa shape index (κ2) is 17.3. The van der Waals surface area contributed by atoms with Crippen LogP contribution in [0.4, 0.5) is 0 Å². The Labute approximate surface area is 422 Å². The summed E-state index contributed by atoms with van der Waals surface area (Å²) in [6, 6.07) is 5.66. The minimum Gasteiger partial charge on any atom is -0.293 e. The molecule has 5 saturated carbocycles. The van der Waals surface area contributed by atoms with Crippen LogP contribution in [0.5, 0.6) is 0 Å². The van der Waals surface area contributed by atoms with E-state index >= 15 is 0 Å². The summed E-state index contributed by atoms with van der Waals surface area (Å²) in [5.41, 5.74) is -1.47. The molecule has 10 unspecified atom stereocenters. The quantitative estimate of drug-likeness (QED) is 0.143. The maximum absolute atomic E-state index is 14.1. The van der Waals surface area contributed by atoms with Crippen LogP contribution in [0.1, 0.15) is 125 Å². The van der Waals surface area contributed by atoms with Crippen LogP contribution in [0.25, 0.3) is 21.5 Å². The fraction of sp³-hybridized carbons (Fsp3) is 0.509. The van der Waals surface area contributed by atoms with E-state index in [1.807, 2.05) is 0 Å². The predicted molar refractivity (Wildman–Crippen MR) is 265 cm³/mol. The first kappa shape index (κ1) is 46.7. The molecule has 17 nitrogen and oxygen atoms in total. The van der Waals surface area contributed by atoms with Crippen molar-refractivity contribution in [3.63, 3.8) is 0 Å². The van der Waals surface area contributed by atoms with Crippen LogP contribution in [-0.4, -0.2) is 90.5 Å². The van der Waals surface area contributed by atoms with Gasteiger partial charge in [0.1, 0.15) is 0 Å². The number of benzene rings is 2. The Morgan fingerprint density at radius 1 is 0.378 bits per heavy atom. The first-order valence-electron chi connectivity index (χ1n) is 26.7. The van der Waals surface area contributed by atoms with Crippen LogP contribution < -0.4 is 22.2 Å². The van der Waals surface area contributed by atoms with Crippen molar-refractivity contribution in [2.45, 2.75) is 96.6 Å². The lowest BCUT2D eigenvalue weighted by Crippen LogP contribution is -2.43. The van der Waals surface area contributed by atoms with Gasteiger partial charge in [0.2, 0.25) is 0 Å². The monoisotopic (exact) mass is 1000 g/mol. The van der Waals surface area contributed by atoms with E-state index in [4.69, 9.17) is 0 Å². The number of ketones is 2. The molecule has 0 radical (unpaired) electrons. The van der Waals surface area contributed by atoms with Gasteiger partial charge >= 0.3 is 0 Å². The Balaban J connectivity index is 0.667. The van der Waals surface area contributed by atoms with Crippen molar-refractivity contribution >= 4 is 68.6 Å². The van der Waals surface area contributed by atoms with E-state index in [0.29, 0.717) is 24.2 Å². The van der Waals surface area contributed by atoms with E-state index in [-0.39, 0.29) is 153 Å². The molecule has 74 heavy (non-hydrogen) atoms. The molecule has 6 amide bonds. The standard InChI is InChI=1S/C57H55N5O12/c63-46-9-10-47(64)58(46)22-28-5-1-3-7-30(28)24-60-52(69)39-18-37-38(19-40(39)53(60)70)51(68)45(50(37)67)15-27-13-34-32-16-33(35(17-32)36(34)14-27)26-62-56(73)43-20-41-42(21-44(43)57(62)74)55(72)61(54(41)71)25-31-8-4-2-6-29(31)23-59-48(65)11-12-49(59)66/h9-12,18-21,27-36,45H,1-8,13-17,22-26H2. The summed E-state index contributed by atoms with van der Waals surface area (Å²) in [7, 11) is 0. The maximum atomic E-state index is 14.1. The number of Topliss-reactive ketones (excluding diaryl/α,β-unsaturated/α-hetero) is 2. The second-order valence-corrected chi connectivity index (χ2v) is 23.2. The molecule has 2 bridgehead atoms. The molecule has 3 aliphatic heterocycles. The lowest BCUT2D eigenvalue weighted by molar-refractivity contribution is -0.139. The average molecular weight is 1000 g/mol. The van der Waals surface area contributed by atoms with Gasteiger partial charge in [0, 0.05) is 68.2 Å². The lowest BCUT2D eigenvalue weighted by Gasteiger charge is -2.35. The lowest BCUT2D eigenvalue weighted by atomic mass is 9.75. The third-order valence-electron chi connectivity index (χ3n) is 19.6. The molecule has 0 N–H and O–H groups in total. The largest absolute Gasteiger partial charge is 0.293 e. The van der Waals surface area contributed by atoms with Gasteiger partial charge in [-0.05, 0) is 141 Å². The van der Waals surface area contributed by atoms with E-state index in [9.17, 15) is 57.5 Å². The normalized spacial score (nSPS) is 30.6. The molecule has 5 heterocycles. The number of fused-ring (bicyclic) bond motifs is 9. The van der Waals surface area contributed by atoms with E-state index < -0.39 is 40.0 Å².